The van der Waals surface area contributed by atoms with Gasteiger partial charge in [-0.15, -0.1) is 0 Å². The summed E-state index contributed by atoms with van der Waals surface area (Å²) in [6.45, 7) is 1.74. The summed E-state index contributed by atoms with van der Waals surface area (Å²) >= 11 is 12.3. The van der Waals surface area contributed by atoms with Crippen molar-refractivity contribution in [3.05, 3.63) is 39.6 Å². The molecule has 122 valence electrons. The molecule has 0 fully saturated rings. The Bertz CT molecular complexity index is 723. The molecule has 1 heterocycles. The number of nitrogens with one attached hydrogen (secondary N) is 1. The molecule has 0 aliphatic carbocycles. The van der Waals surface area contributed by atoms with Crippen LogP contribution in [0.2, 0.25) is 10.0 Å². The van der Waals surface area contributed by atoms with Gasteiger partial charge >= 0.3 is 5.97 Å². The van der Waals surface area contributed by atoms with Gasteiger partial charge in [0, 0.05) is 12.1 Å². The average Bonchev–Trinajstić information content (AvgIpc) is 2.88. The van der Waals surface area contributed by atoms with Crippen LogP contribution in [0.5, 0.6) is 0 Å². The number of methoxy groups -OCH3 is 1. The lowest BCUT2D eigenvalue weighted by atomic mass is 10.1. The Morgan fingerprint density at radius 1 is 1.30 bits per heavy atom. The molecule has 0 atom stereocenters. The van der Waals surface area contributed by atoms with Gasteiger partial charge in [0.1, 0.15) is 17.0 Å². The van der Waals surface area contributed by atoms with Crippen molar-refractivity contribution in [1.29, 1.82) is 0 Å². The smallest absolute Gasteiger partial charge is 0.307 e. The standard InChI is InChI=1S/C15H14Cl2N2O4/c1-8-12(15(21)18-7-6-11(20)22-2)14(19-23-8)13-9(16)4-3-5-10(13)17/h3-5H,6-7H2,1-2H3,(H,18,21). The molecule has 2 aromatic rings. The third kappa shape index (κ3) is 3.83. The van der Waals surface area contributed by atoms with Crippen LogP contribution in [0.15, 0.2) is 22.7 Å². The summed E-state index contributed by atoms with van der Waals surface area (Å²) in [6, 6.07) is 4.98. The fourth-order valence-electron chi connectivity index (χ4n) is 2.00. The summed E-state index contributed by atoms with van der Waals surface area (Å²) in [5.74, 6) is -0.521. The van der Waals surface area contributed by atoms with Gasteiger partial charge in [0.15, 0.2) is 0 Å². The fraction of sp³-hybridized carbons (Fsp3) is 0.267. The largest absolute Gasteiger partial charge is 0.469 e. The quantitative estimate of drug-likeness (QED) is 0.831. The highest BCUT2D eigenvalue weighted by Crippen LogP contribution is 2.36. The summed E-state index contributed by atoms with van der Waals surface area (Å²) in [5, 5.41) is 7.22. The summed E-state index contributed by atoms with van der Waals surface area (Å²) in [6.07, 6.45) is 0.0642. The minimum Gasteiger partial charge on any atom is -0.469 e. The average molecular weight is 357 g/mol. The summed E-state index contributed by atoms with van der Waals surface area (Å²) in [5.41, 5.74) is 0.907. The predicted molar refractivity (Wildman–Crippen MR) is 85.7 cm³/mol. The minimum atomic E-state index is -0.432. The van der Waals surface area contributed by atoms with Crippen LogP contribution in [0.4, 0.5) is 0 Å². The minimum absolute atomic E-state index is 0.0642. The van der Waals surface area contributed by atoms with Crippen molar-refractivity contribution >= 4 is 35.1 Å². The van der Waals surface area contributed by atoms with E-state index < -0.39 is 11.9 Å². The topological polar surface area (TPSA) is 81.4 Å². The molecule has 1 aromatic carbocycles. The van der Waals surface area contributed by atoms with E-state index in [4.69, 9.17) is 27.7 Å². The molecule has 1 N–H and O–H groups in total. The van der Waals surface area contributed by atoms with Crippen LogP contribution >= 0.6 is 23.2 Å². The first-order valence-corrected chi connectivity index (χ1v) is 7.47. The zero-order valence-electron chi connectivity index (χ0n) is 12.5. The van der Waals surface area contributed by atoms with E-state index in [9.17, 15) is 9.59 Å². The summed E-state index contributed by atoms with van der Waals surface area (Å²) < 4.78 is 9.63. The zero-order valence-corrected chi connectivity index (χ0v) is 14.0. The molecular weight excluding hydrogens is 343 g/mol. The van der Waals surface area contributed by atoms with Gasteiger partial charge in [-0.3, -0.25) is 9.59 Å². The molecule has 0 saturated heterocycles. The van der Waals surface area contributed by atoms with Crippen molar-refractivity contribution in [1.82, 2.24) is 10.5 Å². The van der Waals surface area contributed by atoms with Gasteiger partial charge in [0.2, 0.25) is 0 Å². The van der Waals surface area contributed by atoms with Crippen molar-refractivity contribution in [2.45, 2.75) is 13.3 Å². The van der Waals surface area contributed by atoms with Crippen LogP contribution in [0.3, 0.4) is 0 Å². The van der Waals surface area contributed by atoms with Gasteiger partial charge in [-0.05, 0) is 19.1 Å². The molecule has 0 aliphatic rings. The number of esters is 1. The molecule has 6 nitrogen and oxygen atoms in total. The highest BCUT2D eigenvalue weighted by atomic mass is 35.5. The molecule has 1 aromatic heterocycles. The van der Waals surface area contributed by atoms with E-state index in [0.717, 1.165) is 0 Å². The van der Waals surface area contributed by atoms with Crippen molar-refractivity contribution < 1.29 is 18.8 Å². The second-order valence-corrected chi connectivity index (χ2v) is 5.46. The Balaban J connectivity index is 2.29. The molecule has 0 saturated carbocycles. The number of nitrogens with zero attached hydrogens (tertiary/aromatic N) is 1. The second kappa shape index (κ2) is 7.48. The lowest BCUT2D eigenvalue weighted by molar-refractivity contribution is -0.140. The highest BCUT2D eigenvalue weighted by Gasteiger charge is 2.24. The maximum atomic E-state index is 12.4. The van der Waals surface area contributed by atoms with Gasteiger partial charge in [-0.2, -0.15) is 0 Å². The summed E-state index contributed by atoms with van der Waals surface area (Å²) in [7, 11) is 1.28. The summed E-state index contributed by atoms with van der Waals surface area (Å²) in [4.78, 5) is 23.4. The van der Waals surface area contributed by atoms with Gasteiger partial charge in [0.05, 0.1) is 23.6 Å². The molecule has 0 bridgehead atoms. The molecular formula is C15H14Cl2N2O4. The number of carbonyl (C=O) groups is 2. The van der Waals surface area contributed by atoms with Crippen LogP contribution in [0.25, 0.3) is 11.3 Å². The van der Waals surface area contributed by atoms with Crippen molar-refractivity contribution in [2.75, 3.05) is 13.7 Å². The Hall–Kier alpha value is -2.05. The van der Waals surface area contributed by atoms with Gasteiger partial charge < -0.3 is 14.6 Å². The molecule has 0 spiro atoms. The van der Waals surface area contributed by atoms with Gasteiger partial charge in [0.25, 0.3) is 5.91 Å². The number of amides is 1. The number of halogens is 2. The van der Waals surface area contributed by atoms with E-state index >= 15 is 0 Å². The van der Waals surface area contributed by atoms with Crippen molar-refractivity contribution in [2.24, 2.45) is 0 Å². The number of aromatic nitrogens is 1. The predicted octanol–water partition coefficient (Wildman–Crippen LogP) is 3.25. The number of rotatable bonds is 5. The molecule has 0 unspecified atom stereocenters. The first-order valence-electron chi connectivity index (χ1n) is 6.71. The first kappa shape index (κ1) is 17.3. The molecule has 0 radical (unpaired) electrons. The van der Waals surface area contributed by atoms with Crippen LogP contribution in [-0.4, -0.2) is 30.7 Å². The van der Waals surface area contributed by atoms with Crippen LogP contribution in [0, 0.1) is 6.92 Å². The van der Waals surface area contributed by atoms with E-state index in [0.29, 0.717) is 21.4 Å². The normalized spacial score (nSPS) is 10.4. The van der Waals surface area contributed by atoms with Crippen molar-refractivity contribution in [3.63, 3.8) is 0 Å². The van der Waals surface area contributed by atoms with Gasteiger partial charge in [-0.1, -0.05) is 34.4 Å². The van der Waals surface area contributed by atoms with Crippen LogP contribution < -0.4 is 5.32 Å². The molecule has 2 rings (SSSR count). The molecule has 23 heavy (non-hydrogen) atoms. The third-order valence-electron chi connectivity index (χ3n) is 3.13. The first-order chi connectivity index (χ1) is 11.0. The van der Waals surface area contributed by atoms with E-state index in [1.54, 1.807) is 25.1 Å². The number of ether oxygens (including phenoxy) is 1. The van der Waals surface area contributed by atoms with Crippen LogP contribution in [0.1, 0.15) is 22.5 Å². The lowest BCUT2D eigenvalue weighted by Gasteiger charge is -2.07. The van der Waals surface area contributed by atoms with E-state index in [2.05, 4.69) is 15.2 Å². The maximum Gasteiger partial charge on any atom is 0.307 e. The lowest BCUT2D eigenvalue weighted by Crippen LogP contribution is -2.27. The number of hydrogen-bond donors (Lipinski definition) is 1. The zero-order chi connectivity index (χ0) is 17.0. The van der Waals surface area contributed by atoms with E-state index in [1.165, 1.54) is 7.11 Å². The Morgan fingerprint density at radius 2 is 1.96 bits per heavy atom. The molecule has 8 heteroatoms. The Labute approximate surface area is 142 Å². The fourth-order valence-corrected chi connectivity index (χ4v) is 2.58. The molecule has 1 amide bonds. The molecule has 0 aliphatic heterocycles. The Kier molecular flexibility index (Phi) is 5.63. The van der Waals surface area contributed by atoms with Gasteiger partial charge in [-0.25, -0.2) is 0 Å². The number of benzene rings is 1. The monoisotopic (exact) mass is 356 g/mol. The van der Waals surface area contributed by atoms with Crippen molar-refractivity contribution in [3.8, 4) is 11.3 Å². The number of aryl methyl sites for hydroxylation is 1. The Morgan fingerprint density at radius 3 is 2.57 bits per heavy atom. The van der Waals surface area contributed by atoms with E-state index in [-0.39, 0.29) is 24.2 Å². The SMILES string of the molecule is COC(=O)CCNC(=O)c1c(-c2c(Cl)cccc2Cl)noc1C. The maximum absolute atomic E-state index is 12.4. The van der Waals surface area contributed by atoms with Crippen LogP contribution in [-0.2, 0) is 9.53 Å². The number of carbonyl (C=O) groups excluding carboxylic acids is 2. The second-order valence-electron chi connectivity index (χ2n) is 4.64. The third-order valence-corrected chi connectivity index (χ3v) is 3.76. The van der Waals surface area contributed by atoms with E-state index in [1.807, 2.05) is 0 Å². The number of hydrogen-bond acceptors (Lipinski definition) is 5. The highest BCUT2D eigenvalue weighted by molar-refractivity contribution is 6.39.